The highest BCUT2D eigenvalue weighted by molar-refractivity contribution is 5.47. The summed E-state index contributed by atoms with van der Waals surface area (Å²) < 4.78 is 0. The van der Waals surface area contributed by atoms with Crippen molar-refractivity contribution in [3.63, 3.8) is 0 Å². The number of anilines is 3. The van der Waals surface area contributed by atoms with E-state index < -0.39 is 0 Å². The first kappa shape index (κ1) is 51.7. The molecule has 3 rings (SSSR count). The summed E-state index contributed by atoms with van der Waals surface area (Å²) in [6.07, 6.45) is 33.3. The van der Waals surface area contributed by atoms with Gasteiger partial charge in [-0.05, 0) is 114 Å². The molecule has 8 heteroatoms. The van der Waals surface area contributed by atoms with Crippen molar-refractivity contribution in [3.05, 3.63) is 0 Å². The molecule has 1 aromatic rings. The van der Waals surface area contributed by atoms with Crippen molar-refractivity contribution in [3.8, 4) is 0 Å². The molecule has 0 saturated carbocycles. The third kappa shape index (κ3) is 16.9. The van der Waals surface area contributed by atoms with Crippen LogP contribution in [0.4, 0.5) is 17.8 Å². The van der Waals surface area contributed by atoms with Crippen LogP contribution in [0.25, 0.3) is 0 Å². The van der Waals surface area contributed by atoms with Crippen LogP contribution < -0.4 is 15.1 Å². The summed E-state index contributed by atoms with van der Waals surface area (Å²) in [6.45, 7) is 29.4. The number of nitrogens with one attached hydrogen (secondary N) is 1. The lowest BCUT2D eigenvalue weighted by Gasteiger charge is -2.56. The summed E-state index contributed by atoms with van der Waals surface area (Å²) in [4.78, 5) is 27.0. The number of nitrogens with zero attached hydrogens (tertiary/aromatic N) is 7. The van der Waals surface area contributed by atoms with E-state index in [1.54, 1.807) is 0 Å². The Bertz CT molecular complexity index is 1160. The molecule has 0 spiro atoms. The van der Waals surface area contributed by atoms with Crippen LogP contribution in [-0.2, 0) is 0 Å². The van der Waals surface area contributed by atoms with Crippen molar-refractivity contribution in [2.24, 2.45) is 0 Å². The predicted octanol–water partition coefficient (Wildman–Crippen LogP) is 13.8. The highest BCUT2D eigenvalue weighted by atomic mass is 15.4. The largest absolute Gasteiger partial charge is 0.354 e. The molecule has 0 atom stereocenters. The molecule has 8 nitrogen and oxygen atoms in total. The molecule has 0 amide bonds. The van der Waals surface area contributed by atoms with Crippen molar-refractivity contribution in [1.29, 1.82) is 0 Å². The first-order valence-electron chi connectivity index (χ1n) is 25.5. The summed E-state index contributed by atoms with van der Waals surface area (Å²) in [5.41, 5.74) is 0.307. The number of aromatic nitrogens is 3. The second-order valence-corrected chi connectivity index (χ2v) is 21.8. The molecule has 1 N–H and O–H groups in total. The van der Waals surface area contributed by atoms with Gasteiger partial charge in [0.25, 0.3) is 0 Å². The number of unbranched alkanes of at least 4 members (excludes halogenated alkanes) is 19. The first-order valence-corrected chi connectivity index (χ1v) is 25.5. The van der Waals surface area contributed by atoms with Gasteiger partial charge in [-0.15, -0.1) is 0 Å². The van der Waals surface area contributed by atoms with Crippen molar-refractivity contribution in [2.45, 2.75) is 277 Å². The van der Waals surface area contributed by atoms with E-state index in [9.17, 15) is 0 Å². The fourth-order valence-electron chi connectivity index (χ4n) is 10.6. The summed E-state index contributed by atoms with van der Waals surface area (Å²) >= 11 is 0. The minimum Gasteiger partial charge on any atom is -0.354 e. The van der Waals surface area contributed by atoms with E-state index in [0.29, 0.717) is 12.1 Å². The molecule has 3 heterocycles. The van der Waals surface area contributed by atoms with Crippen molar-refractivity contribution in [2.75, 3.05) is 48.8 Å². The Labute approximate surface area is 367 Å². The molecule has 0 radical (unpaired) electrons. The van der Waals surface area contributed by atoms with Gasteiger partial charge >= 0.3 is 0 Å². The topological polar surface area (TPSA) is 63.7 Å². The van der Waals surface area contributed by atoms with Gasteiger partial charge in [0.2, 0.25) is 17.8 Å². The smallest absolute Gasteiger partial charge is 0.232 e. The zero-order valence-electron chi connectivity index (χ0n) is 41.8. The molecular formula is C51H100N8. The van der Waals surface area contributed by atoms with Crippen molar-refractivity contribution < 1.29 is 0 Å². The number of rotatable bonds is 30. The van der Waals surface area contributed by atoms with Gasteiger partial charge in [-0.25, -0.2) is 0 Å². The molecule has 59 heavy (non-hydrogen) atoms. The van der Waals surface area contributed by atoms with E-state index in [1.165, 1.54) is 135 Å². The molecule has 0 aliphatic carbocycles. The van der Waals surface area contributed by atoms with E-state index in [0.717, 1.165) is 69.6 Å². The molecule has 0 aromatic carbocycles. The van der Waals surface area contributed by atoms with Crippen LogP contribution in [0.1, 0.15) is 243 Å². The second kappa shape index (κ2) is 25.4. The zero-order chi connectivity index (χ0) is 43.5. The molecule has 1 aromatic heterocycles. The molecular weight excluding hydrogens is 725 g/mol. The van der Waals surface area contributed by atoms with E-state index in [-0.39, 0.29) is 22.2 Å². The van der Waals surface area contributed by atoms with E-state index >= 15 is 0 Å². The lowest BCUT2D eigenvalue weighted by atomic mass is 9.77. The maximum atomic E-state index is 5.64. The van der Waals surface area contributed by atoms with Crippen molar-refractivity contribution >= 4 is 17.8 Å². The van der Waals surface area contributed by atoms with E-state index in [2.05, 4.69) is 115 Å². The summed E-state index contributed by atoms with van der Waals surface area (Å²) in [5.74, 6) is 2.57. The van der Waals surface area contributed by atoms with Crippen LogP contribution in [-0.4, -0.2) is 92.7 Å². The van der Waals surface area contributed by atoms with Gasteiger partial charge < -0.3 is 15.1 Å². The third-order valence-corrected chi connectivity index (χ3v) is 14.9. The zero-order valence-corrected chi connectivity index (χ0v) is 41.8. The molecule has 2 aliphatic rings. The van der Waals surface area contributed by atoms with Crippen LogP contribution in [0.5, 0.6) is 0 Å². The standard InChI is InChI=1S/C51H100N8/c1-14-17-20-23-26-27-28-29-30-33-36-52-45-53-46(58(37-34-31-24-21-18-15-2)43-39-48(4,5)56(12)49(6,7)40-43)55-47(54-45)59(38-35-32-25-22-19-16-3)44-41-50(8,9)57(13)51(10,11)42-44/h43-44H,14-42H2,1-13H3,(H,52,53,54,55). The molecule has 2 fully saturated rings. The van der Waals surface area contributed by atoms with Crippen LogP contribution in [0.2, 0.25) is 0 Å². The molecule has 2 saturated heterocycles. The lowest BCUT2D eigenvalue weighted by molar-refractivity contribution is -0.0130. The molecule has 0 bridgehead atoms. The Hall–Kier alpha value is -1.67. The quantitative estimate of drug-likeness (QED) is 0.0770. The average Bonchev–Trinajstić information content (AvgIpc) is 3.17. The number of hydrogen-bond donors (Lipinski definition) is 1. The Morgan fingerprint density at radius 2 is 0.729 bits per heavy atom. The van der Waals surface area contributed by atoms with E-state index in [4.69, 9.17) is 15.0 Å². The van der Waals surface area contributed by atoms with Gasteiger partial charge in [-0.3, -0.25) is 9.80 Å². The fraction of sp³-hybridized carbons (Fsp3) is 0.941. The van der Waals surface area contributed by atoms with Crippen LogP contribution in [0.15, 0.2) is 0 Å². The Balaban J connectivity index is 2.00. The SMILES string of the molecule is CCCCCCCCCCCCNc1nc(N(CCCCCCCC)C2CC(C)(C)N(C)C(C)(C)C2)nc(N(CCCCCCCC)C2CC(C)(C)N(C)C(C)(C)C2)n1. The predicted molar refractivity (Wildman–Crippen MR) is 259 cm³/mol. The summed E-state index contributed by atoms with van der Waals surface area (Å²) in [7, 11) is 4.66. The molecule has 2 aliphatic heterocycles. The lowest BCUT2D eigenvalue weighted by Crippen LogP contribution is -2.63. The minimum absolute atomic E-state index is 0.0767. The third-order valence-electron chi connectivity index (χ3n) is 14.9. The Kier molecular flexibility index (Phi) is 22.3. The van der Waals surface area contributed by atoms with Crippen LogP contribution in [0, 0.1) is 0 Å². The van der Waals surface area contributed by atoms with Gasteiger partial charge in [0.15, 0.2) is 0 Å². The first-order chi connectivity index (χ1) is 28.0. The van der Waals surface area contributed by atoms with Crippen LogP contribution >= 0.6 is 0 Å². The maximum absolute atomic E-state index is 5.64. The number of hydrogen-bond acceptors (Lipinski definition) is 8. The molecule has 0 unspecified atom stereocenters. The Morgan fingerprint density at radius 3 is 1.05 bits per heavy atom. The highest BCUT2D eigenvalue weighted by Crippen LogP contribution is 2.42. The van der Waals surface area contributed by atoms with Crippen LogP contribution in [0.3, 0.4) is 0 Å². The fourth-order valence-corrected chi connectivity index (χ4v) is 10.6. The van der Waals surface area contributed by atoms with Gasteiger partial charge in [0.05, 0.1) is 0 Å². The number of piperidine rings is 2. The van der Waals surface area contributed by atoms with Gasteiger partial charge in [0, 0.05) is 53.9 Å². The summed E-state index contributed by atoms with van der Waals surface area (Å²) in [6, 6.07) is 0.732. The summed E-state index contributed by atoms with van der Waals surface area (Å²) in [5, 5.41) is 3.79. The van der Waals surface area contributed by atoms with Gasteiger partial charge in [-0.2, -0.15) is 15.0 Å². The van der Waals surface area contributed by atoms with Crippen molar-refractivity contribution in [1.82, 2.24) is 24.8 Å². The second-order valence-electron chi connectivity index (χ2n) is 21.8. The van der Waals surface area contributed by atoms with Gasteiger partial charge in [0.1, 0.15) is 0 Å². The normalized spacial score (nSPS) is 19.6. The monoisotopic (exact) mass is 825 g/mol. The number of likely N-dealkylation sites (tertiary alicyclic amines) is 2. The highest BCUT2D eigenvalue weighted by Gasteiger charge is 2.47. The van der Waals surface area contributed by atoms with Gasteiger partial charge in [-0.1, -0.05) is 143 Å². The maximum Gasteiger partial charge on any atom is 0.232 e. The van der Waals surface area contributed by atoms with E-state index in [1.807, 2.05) is 0 Å². The molecule has 344 valence electrons. The Morgan fingerprint density at radius 1 is 0.441 bits per heavy atom. The minimum atomic E-state index is 0.0767. The average molecular weight is 825 g/mol.